The number of nitrogens with two attached hydrogens (primary N) is 4. The molecule has 0 rings (SSSR count). The van der Waals surface area contributed by atoms with Crippen LogP contribution in [0.5, 0.6) is 0 Å². The van der Waals surface area contributed by atoms with E-state index in [0.29, 0.717) is 0 Å². The minimum atomic E-state index is -0.481. The molecule has 0 spiro atoms. The van der Waals surface area contributed by atoms with Gasteiger partial charge in [0.15, 0.2) is 0 Å². The third-order valence-electron chi connectivity index (χ3n) is 0.874. The third-order valence-corrected chi connectivity index (χ3v) is 0.874. The molecule has 0 aromatic heterocycles. The van der Waals surface area contributed by atoms with Crippen molar-refractivity contribution in [2.75, 3.05) is 0 Å². The molecule has 6 heteroatoms. The van der Waals surface area contributed by atoms with Gasteiger partial charge in [0.2, 0.25) is 11.8 Å². The number of primary amides is 2. The van der Waals surface area contributed by atoms with E-state index in [2.05, 4.69) is 24.6 Å². The molecule has 0 aromatic rings. The van der Waals surface area contributed by atoms with E-state index in [1.165, 1.54) is 0 Å². The Morgan fingerprint density at radius 1 is 1.13 bits per heavy atom. The Bertz CT molecular complexity index is 184. The van der Waals surface area contributed by atoms with Gasteiger partial charge in [0.25, 0.3) is 0 Å². The van der Waals surface area contributed by atoms with Crippen molar-refractivity contribution in [3.63, 3.8) is 0 Å². The van der Waals surface area contributed by atoms with E-state index in [9.17, 15) is 9.59 Å². The van der Waals surface area contributed by atoms with Crippen LogP contribution in [0, 0.1) is 0 Å². The molecule has 2 amide bonds. The second kappa shape index (κ2) is 14.8. The van der Waals surface area contributed by atoms with Gasteiger partial charge in [-0.05, 0) is 18.6 Å². The molecular formula is C9H20N4O2. The second-order valence-electron chi connectivity index (χ2n) is 2.29. The van der Waals surface area contributed by atoms with Crippen molar-refractivity contribution in [1.82, 2.24) is 0 Å². The van der Waals surface area contributed by atoms with Crippen molar-refractivity contribution in [3.8, 4) is 0 Å². The first-order chi connectivity index (χ1) is 6.81. The van der Waals surface area contributed by atoms with E-state index in [0.717, 1.165) is 18.6 Å². The van der Waals surface area contributed by atoms with Crippen molar-refractivity contribution in [2.45, 2.75) is 19.5 Å². The van der Waals surface area contributed by atoms with Crippen LogP contribution >= 0.6 is 0 Å². The average Bonchev–Trinajstić information content (AvgIpc) is 2.19. The summed E-state index contributed by atoms with van der Waals surface area (Å²) in [6.07, 6.45) is 2.86. The zero-order chi connectivity index (χ0) is 12.9. The molecule has 15 heavy (non-hydrogen) atoms. The quantitative estimate of drug-likeness (QED) is 0.353. The summed E-state index contributed by atoms with van der Waals surface area (Å²) in [5, 5.41) is 0. The van der Waals surface area contributed by atoms with Crippen LogP contribution in [0.1, 0.15) is 13.3 Å². The molecule has 0 fully saturated rings. The Balaban J connectivity index is -0.000000144. The Labute approximate surface area is 90.0 Å². The highest BCUT2D eigenvalue weighted by molar-refractivity contribution is 5.85. The highest BCUT2D eigenvalue weighted by Gasteiger charge is 1.79. The van der Waals surface area contributed by atoms with Gasteiger partial charge >= 0.3 is 0 Å². The fourth-order valence-corrected chi connectivity index (χ4v) is 0. The molecule has 0 aromatic carbocycles. The largest absolute Gasteiger partial charge is 0.366 e. The number of carbonyl (C=O) groups is 2. The van der Waals surface area contributed by atoms with E-state index >= 15 is 0 Å². The van der Waals surface area contributed by atoms with Gasteiger partial charge in [0.05, 0.1) is 6.17 Å². The van der Waals surface area contributed by atoms with Gasteiger partial charge in [0.1, 0.15) is 0 Å². The van der Waals surface area contributed by atoms with Crippen molar-refractivity contribution in [1.29, 1.82) is 0 Å². The number of amides is 2. The van der Waals surface area contributed by atoms with Crippen LogP contribution in [0.2, 0.25) is 0 Å². The molecule has 0 aliphatic rings. The number of carbonyl (C=O) groups excluding carboxylic acids is 2. The third kappa shape index (κ3) is 70.0. The SMILES string of the molecule is C=CC(N)=O.C=CC(N)=O.CCC(N)N. The maximum atomic E-state index is 9.47. The summed E-state index contributed by atoms with van der Waals surface area (Å²) in [5.41, 5.74) is 19.2. The molecule has 0 radical (unpaired) electrons. The molecule has 0 bridgehead atoms. The summed E-state index contributed by atoms with van der Waals surface area (Å²) in [6, 6.07) is 0. The van der Waals surface area contributed by atoms with Crippen molar-refractivity contribution in [3.05, 3.63) is 25.3 Å². The van der Waals surface area contributed by atoms with Crippen LogP contribution in [0.3, 0.4) is 0 Å². The topological polar surface area (TPSA) is 138 Å². The smallest absolute Gasteiger partial charge is 0.240 e. The molecule has 0 heterocycles. The zero-order valence-electron chi connectivity index (χ0n) is 8.98. The van der Waals surface area contributed by atoms with Gasteiger partial charge in [0, 0.05) is 0 Å². The molecule has 0 aliphatic heterocycles. The van der Waals surface area contributed by atoms with Gasteiger partial charge in [-0.2, -0.15) is 0 Å². The second-order valence-corrected chi connectivity index (χ2v) is 2.29. The van der Waals surface area contributed by atoms with E-state index in [-0.39, 0.29) is 6.17 Å². The summed E-state index contributed by atoms with van der Waals surface area (Å²) >= 11 is 0. The lowest BCUT2D eigenvalue weighted by Crippen LogP contribution is -2.28. The van der Waals surface area contributed by atoms with Gasteiger partial charge in [-0.15, -0.1) is 0 Å². The van der Waals surface area contributed by atoms with Crippen molar-refractivity contribution < 1.29 is 9.59 Å². The maximum absolute atomic E-state index is 9.47. The normalized spacial score (nSPS) is 7.47. The highest BCUT2D eigenvalue weighted by Crippen LogP contribution is 1.68. The molecule has 0 atom stereocenters. The van der Waals surface area contributed by atoms with Crippen molar-refractivity contribution >= 4 is 11.8 Å². The standard InChI is InChI=1S/C3H10N2.2C3H5NO/c3*1-2-3(4)5/h3H,2,4-5H2,1H3;2*2H,1H2,(H2,4,5). The van der Waals surface area contributed by atoms with Gasteiger partial charge in [-0.3, -0.25) is 9.59 Å². The Kier molecular flexibility index (Phi) is 18.8. The maximum Gasteiger partial charge on any atom is 0.240 e. The number of hydrogen-bond donors (Lipinski definition) is 4. The molecule has 0 aliphatic carbocycles. The van der Waals surface area contributed by atoms with Crippen LogP contribution < -0.4 is 22.9 Å². The van der Waals surface area contributed by atoms with E-state index in [4.69, 9.17) is 11.5 Å². The van der Waals surface area contributed by atoms with Crippen LogP contribution in [0.25, 0.3) is 0 Å². The Morgan fingerprint density at radius 3 is 1.27 bits per heavy atom. The van der Waals surface area contributed by atoms with Gasteiger partial charge in [-0.1, -0.05) is 20.1 Å². The lowest BCUT2D eigenvalue weighted by molar-refractivity contribution is -0.114. The first-order valence-corrected chi connectivity index (χ1v) is 4.16. The van der Waals surface area contributed by atoms with Crippen LogP contribution in [0.15, 0.2) is 25.3 Å². The van der Waals surface area contributed by atoms with E-state index < -0.39 is 11.8 Å². The molecule has 88 valence electrons. The fourth-order valence-electron chi connectivity index (χ4n) is 0. The predicted octanol–water partition coefficient (Wildman–Crippen LogP) is -1.04. The predicted molar refractivity (Wildman–Crippen MR) is 61.2 cm³/mol. The van der Waals surface area contributed by atoms with Crippen molar-refractivity contribution in [2.24, 2.45) is 22.9 Å². The van der Waals surface area contributed by atoms with Crippen LogP contribution in [-0.2, 0) is 9.59 Å². The van der Waals surface area contributed by atoms with E-state index in [1.807, 2.05) is 6.92 Å². The van der Waals surface area contributed by atoms with Gasteiger partial charge < -0.3 is 22.9 Å². The molecule has 0 saturated heterocycles. The molecule has 6 nitrogen and oxygen atoms in total. The summed E-state index contributed by atoms with van der Waals surface area (Å²) in [7, 11) is 0. The fraction of sp³-hybridized carbons (Fsp3) is 0.333. The Hall–Kier alpha value is -1.66. The molecule has 0 saturated carbocycles. The van der Waals surface area contributed by atoms with Crippen LogP contribution in [0.4, 0.5) is 0 Å². The van der Waals surface area contributed by atoms with E-state index in [1.54, 1.807) is 0 Å². The lowest BCUT2D eigenvalue weighted by Gasteiger charge is -1.92. The monoisotopic (exact) mass is 216 g/mol. The molecule has 8 N–H and O–H groups in total. The number of rotatable bonds is 3. The van der Waals surface area contributed by atoms with Crippen LogP contribution in [-0.4, -0.2) is 18.0 Å². The van der Waals surface area contributed by atoms with Gasteiger partial charge in [-0.25, -0.2) is 0 Å². The number of hydrogen-bond acceptors (Lipinski definition) is 4. The summed E-state index contributed by atoms with van der Waals surface area (Å²) in [5.74, 6) is -0.963. The lowest BCUT2D eigenvalue weighted by atomic mass is 10.4. The summed E-state index contributed by atoms with van der Waals surface area (Å²) < 4.78 is 0. The summed E-state index contributed by atoms with van der Waals surface area (Å²) in [6.45, 7) is 8.12. The molecule has 0 unspecified atom stereocenters. The minimum absolute atomic E-state index is 0.116. The minimum Gasteiger partial charge on any atom is -0.366 e. The zero-order valence-corrected chi connectivity index (χ0v) is 8.98. The first kappa shape index (κ1) is 19.0. The summed E-state index contributed by atoms with van der Waals surface area (Å²) in [4.78, 5) is 18.9. The average molecular weight is 216 g/mol. The highest BCUT2D eigenvalue weighted by atomic mass is 16.1. The Morgan fingerprint density at radius 2 is 1.27 bits per heavy atom. The first-order valence-electron chi connectivity index (χ1n) is 4.16. The molecular weight excluding hydrogens is 196 g/mol.